The Morgan fingerprint density at radius 2 is 1.77 bits per heavy atom. The van der Waals surface area contributed by atoms with Gasteiger partial charge >= 0.3 is 6.18 Å². The molecule has 0 aromatic heterocycles. The van der Waals surface area contributed by atoms with Gasteiger partial charge in [0.2, 0.25) is 0 Å². The molecular formula is C32H35F3. The predicted molar refractivity (Wildman–Crippen MR) is 142 cm³/mol. The van der Waals surface area contributed by atoms with Crippen LogP contribution >= 0.6 is 0 Å². The lowest BCUT2D eigenvalue weighted by Gasteiger charge is -2.16. The first-order valence-corrected chi connectivity index (χ1v) is 12.3. The average molecular weight is 477 g/mol. The van der Waals surface area contributed by atoms with Gasteiger partial charge in [0, 0.05) is 0 Å². The van der Waals surface area contributed by atoms with Crippen molar-refractivity contribution in [1.29, 1.82) is 0 Å². The molecule has 184 valence electrons. The number of hydrogen-bond acceptors (Lipinski definition) is 0. The van der Waals surface area contributed by atoms with E-state index in [4.69, 9.17) is 0 Å². The fraction of sp³-hybridized carbons (Fsp3) is 0.312. The van der Waals surface area contributed by atoms with Gasteiger partial charge in [-0.15, -0.1) is 0 Å². The van der Waals surface area contributed by atoms with Crippen LogP contribution in [0.3, 0.4) is 0 Å². The second-order valence-electron chi connectivity index (χ2n) is 9.24. The zero-order valence-electron chi connectivity index (χ0n) is 21.0. The van der Waals surface area contributed by atoms with E-state index in [1.165, 1.54) is 27.8 Å². The Bertz CT molecular complexity index is 1170. The first-order valence-electron chi connectivity index (χ1n) is 12.3. The van der Waals surface area contributed by atoms with Crippen molar-refractivity contribution in [2.45, 2.75) is 65.5 Å². The number of hydrogen-bond donors (Lipinski definition) is 0. The molecule has 0 heterocycles. The Hall–Kier alpha value is -3.07. The zero-order valence-corrected chi connectivity index (χ0v) is 21.0. The van der Waals surface area contributed by atoms with Crippen LogP contribution in [0.2, 0.25) is 0 Å². The third kappa shape index (κ3) is 7.71. The zero-order chi connectivity index (χ0) is 25.4. The smallest absolute Gasteiger partial charge is 0.171 e. The van der Waals surface area contributed by atoms with Crippen LogP contribution in [0, 0.1) is 0 Å². The van der Waals surface area contributed by atoms with Crippen LogP contribution < -0.4 is 0 Å². The van der Waals surface area contributed by atoms with Crippen LogP contribution in [-0.4, -0.2) is 6.18 Å². The topological polar surface area (TPSA) is 0 Å². The Morgan fingerprint density at radius 3 is 2.49 bits per heavy atom. The summed E-state index contributed by atoms with van der Waals surface area (Å²) in [6.45, 7) is 10.7. The first kappa shape index (κ1) is 26.5. The molecule has 0 atom stereocenters. The van der Waals surface area contributed by atoms with Crippen molar-refractivity contribution in [3.05, 3.63) is 124 Å². The highest BCUT2D eigenvalue weighted by molar-refractivity contribution is 5.67. The molecule has 0 radical (unpaired) electrons. The second-order valence-corrected chi connectivity index (χ2v) is 9.24. The molecule has 0 amide bonds. The number of allylic oxidation sites excluding steroid dienone is 9. The van der Waals surface area contributed by atoms with E-state index in [0.717, 1.165) is 42.4 Å². The molecule has 0 spiro atoms. The van der Waals surface area contributed by atoms with Crippen molar-refractivity contribution in [2.24, 2.45) is 0 Å². The van der Waals surface area contributed by atoms with Crippen LogP contribution in [0.15, 0.2) is 96.1 Å². The van der Waals surface area contributed by atoms with Gasteiger partial charge in [-0.3, -0.25) is 0 Å². The van der Waals surface area contributed by atoms with Crippen molar-refractivity contribution < 1.29 is 13.2 Å². The Labute approximate surface area is 208 Å². The Morgan fingerprint density at radius 1 is 1.00 bits per heavy atom. The lowest BCUT2D eigenvalue weighted by molar-refractivity contribution is -0.127. The van der Waals surface area contributed by atoms with Crippen LogP contribution in [0.1, 0.15) is 61.4 Å². The van der Waals surface area contributed by atoms with Crippen molar-refractivity contribution in [2.75, 3.05) is 0 Å². The van der Waals surface area contributed by atoms with Gasteiger partial charge in [0.15, 0.2) is 0 Å². The standard InChI is InChI=1S/C32H35F3/c1-5-23(3)31-21-26(20-28(6-2)30-14-9-7-8-11-24(30)4)16-18-29(31)17-15-25-12-10-13-27(19-25)22-32(33,34)35/h6-10,12-14,16,18-19,21H,3,5,11,15,17,20,22H2,1-2,4H3/b28-6-. The molecule has 0 fully saturated rings. The average Bonchev–Trinajstić information content (AvgIpc) is 3.04. The van der Waals surface area contributed by atoms with Crippen molar-refractivity contribution in [3.8, 4) is 0 Å². The first-order chi connectivity index (χ1) is 16.7. The van der Waals surface area contributed by atoms with Crippen LogP contribution in [0.25, 0.3) is 5.57 Å². The molecule has 1 aliphatic rings. The van der Waals surface area contributed by atoms with E-state index in [1.54, 1.807) is 18.2 Å². The van der Waals surface area contributed by atoms with Crippen molar-refractivity contribution >= 4 is 5.57 Å². The maximum Gasteiger partial charge on any atom is 0.393 e. The van der Waals surface area contributed by atoms with E-state index >= 15 is 0 Å². The fourth-order valence-corrected chi connectivity index (χ4v) is 4.56. The van der Waals surface area contributed by atoms with Crippen molar-refractivity contribution in [3.63, 3.8) is 0 Å². The molecule has 2 aromatic rings. The summed E-state index contributed by atoms with van der Waals surface area (Å²) < 4.78 is 38.4. The highest BCUT2D eigenvalue weighted by Gasteiger charge is 2.27. The largest absolute Gasteiger partial charge is 0.393 e. The molecule has 3 rings (SSSR count). The van der Waals surface area contributed by atoms with Gasteiger partial charge < -0.3 is 0 Å². The molecule has 0 bridgehead atoms. The van der Waals surface area contributed by atoms with Crippen molar-refractivity contribution in [1.82, 2.24) is 0 Å². The molecule has 0 N–H and O–H groups in total. The van der Waals surface area contributed by atoms with E-state index in [9.17, 15) is 13.2 Å². The molecule has 0 saturated heterocycles. The summed E-state index contributed by atoms with van der Waals surface area (Å²) in [5.41, 5.74) is 9.90. The molecule has 0 aliphatic heterocycles. The molecule has 0 unspecified atom stereocenters. The van der Waals surface area contributed by atoms with Gasteiger partial charge in [0.1, 0.15) is 0 Å². The highest BCUT2D eigenvalue weighted by Crippen LogP contribution is 2.29. The summed E-state index contributed by atoms with van der Waals surface area (Å²) in [5, 5.41) is 0. The molecule has 1 aliphatic carbocycles. The highest BCUT2D eigenvalue weighted by atomic mass is 19.4. The minimum absolute atomic E-state index is 0.315. The molecule has 0 nitrogen and oxygen atoms in total. The number of rotatable bonds is 9. The molecule has 3 heteroatoms. The van der Waals surface area contributed by atoms with Gasteiger partial charge in [-0.2, -0.15) is 13.2 Å². The summed E-state index contributed by atoms with van der Waals surface area (Å²) in [7, 11) is 0. The van der Waals surface area contributed by atoms with Gasteiger partial charge in [0.05, 0.1) is 6.42 Å². The Balaban J connectivity index is 1.81. The van der Waals surface area contributed by atoms with E-state index in [2.05, 4.69) is 75.9 Å². The maximum atomic E-state index is 12.8. The number of aryl methyl sites for hydroxylation is 2. The lowest BCUT2D eigenvalue weighted by Crippen LogP contribution is -2.11. The Kier molecular flexibility index (Phi) is 9.14. The fourth-order valence-electron chi connectivity index (χ4n) is 4.56. The van der Waals surface area contributed by atoms with Crippen LogP contribution in [0.5, 0.6) is 0 Å². The summed E-state index contributed by atoms with van der Waals surface area (Å²) in [6.07, 6.45) is 9.82. The van der Waals surface area contributed by atoms with E-state index in [1.807, 2.05) is 6.07 Å². The summed E-state index contributed by atoms with van der Waals surface area (Å²) in [4.78, 5) is 0. The second kappa shape index (κ2) is 12.1. The van der Waals surface area contributed by atoms with Crippen LogP contribution in [-0.2, 0) is 25.7 Å². The number of benzene rings is 2. The van der Waals surface area contributed by atoms with Crippen LogP contribution in [0.4, 0.5) is 13.2 Å². The van der Waals surface area contributed by atoms with Gasteiger partial charge in [0.25, 0.3) is 0 Å². The third-order valence-corrected chi connectivity index (χ3v) is 6.54. The summed E-state index contributed by atoms with van der Waals surface area (Å²) in [5.74, 6) is 0. The summed E-state index contributed by atoms with van der Waals surface area (Å²) >= 11 is 0. The van der Waals surface area contributed by atoms with E-state index in [0.29, 0.717) is 12.0 Å². The van der Waals surface area contributed by atoms with E-state index < -0.39 is 12.6 Å². The monoisotopic (exact) mass is 476 g/mol. The van der Waals surface area contributed by atoms with Gasteiger partial charge in [-0.05, 0) is 90.5 Å². The number of alkyl halides is 3. The molecule has 0 saturated carbocycles. The van der Waals surface area contributed by atoms with Gasteiger partial charge in [-0.1, -0.05) is 91.9 Å². The third-order valence-electron chi connectivity index (χ3n) is 6.54. The minimum Gasteiger partial charge on any atom is -0.171 e. The van der Waals surface area contributed by atoms with Gasteiger partial charge in [-0.25, -0.2) is 0 Å². The normalized spacial score (nSPS) is 14.4. The lowest BCUT2D eigenvalue weighted by atomic mass is 9.89. The molecule has 2 aromatic carbocycles. The quantitative estimate of drug-likeness (QED) is 0.338. The SMILES string of the molecule is C=C(CC)c1cc(C/C(=C/C)C2=C(C)CC=CC=C2)ccc1CCc1cccc(CC(F)(F)F)c1. The summed E-state index contributed by atoms with van der Waals surface area (Å²) in [6, 6.07) is 13.5. The molecular weight excluding hydrogens is 441 g/mol. The number of halogens is 3. The predicted octanol–water partition coefficient (Wildman–Crippen LogP) is 9.32. The minimum atomic E-state index is -4.19. The van der Waals surface area contributed by atoms with E-state index in [-0.39, 0.29) is 0 Å². The maximum absolute atomic E-state index is 12.8. The molecule has 35 heavy (non-hydrogen) atoms.